The van der Waals surface area contributed by atoms with Gasteiger partial charge in [0.15, 0.2) is 0 Å². The Bertz CT molecular complexity index is 467. The Labute approximate surface area is 120 Å². The first-order chi connectivity index (χ1) is 9.52. The lowest BCUT2D eigenvalue weighted by molar-refractivity contribution is -0.122. The molecule has 2 rings (SSSR count). The highest BCUT2D eigenvalue weighted by Gasteiger charge is 2.31. The number of carbonyl (C=O) groups excluding carboxylic acids is 1. The van der Waals surface area contributed by atoms with Crippen LogP contribution in [0.5, 0.6) is 5.75 Å². The molecule has 0 radical (unpaired) electrons. The predicted molar refractivity (Wildman–Crippen MR) is 79.6 cm³/mol. The summed E-state index contributed by atoms with van der Waals surface area (Å²) in [6.45, 7) is 1.98. The number of methoxy groups -OCH3 is 1. The standard InChI is InChI=1S/C16H24N2O2/c1-12(13-6-5-7-14(10-13)20-2)18-15(19)11-16(17)8-3-4-9-16/h5-7,10,12H,3-4,8-9,11,17H2,1-2H3,(H,18,19)/t12-/m1/s1. The van der Waals surface area contributed by atoms with Gasteiger partial charge in [0.2, 0.25) is 5.91 Å². The minimum Gasteiger partial charge on any atom is -0.497 e. The second-order valence-corrected chi connectivity index (χ2v) is 5.81. The summed E-state index contributed by atoms with van der Waals surface area (Å²) in [7, 11) is 1.64. The number of carbonyl (C=O) groups is 1. The van der Waals surface area contributed by atoms with Crippen molar-refractivity contribution in [2.75, 3.05) is 7.11 Å². The van der Waals surface area contributed by atoms with E-state index in [-0.39, 0.29) is 17.5 Å². The summed E-state index contributed by atoms with van der Waals surface area (Å²) in [5.41, 5.74) is 6.98. The Hall–Kier alpha value is -1.55. The van der Waals surface area contributed by atoms with E-state index in [0.29, 0.717) is 6.42 Å². The zero-order valence-corrected chi connectivity index (χ0v) is 12.3. The molecule has 0 spiro atoms. The van der Waals surface area contributed by atoms with Crippen molar-refractivity contribution in [3.63, 3.8) is 0 Å². The number of ether oxygens (including phenoxy) is 1. The first-order valence-corrected chi connectivity index (χ1v) is 7.25. The smallest absolute Gasteiger partial charge is 0.222 e. The van der Waals surface area contributed by atoms with Crippen molar-refractivity contribution >= 4 is 5.91 Å². The Morgan fingerprint density at radius 1 is 1.45 bits per heavy atom. The molecule has 1 saturated carbocycles. The number of hydrogen-bond donors (Lipinski definition) is 2. The third-order valence-electron chi connectivity index (χ3n) is 4.08. The van der Waals surface area contributed by atoms with Crippen LogP contribution in [0.25, 0.3) is 0 Å². The molecule has 0 aliphatic heterocycles. The summed E-state index contributed by atoms with van der Waals surface area (Å²) in [6, 6.07) is 7.71. The average Bonchev–Trinajstić information content (AvgIpc) is 2.84. The van der Waals surface area contributed by atoms with Crippen LogP contribution in [0.4, 0.5) is 0 Å². The SMILES string of the molecule is COc1cccc([C@@H](C)NC(=O)CC2(N)CCCC2)c1. The third kappa shape index (κ3) is 3.73. The molecule has 1 aromatic rings. The van der Waals surface area contributed by atoms with E-state index in [1.807, 2.05) is 31.2 Å². The largest absolute Gasteiger partial charge is 0.497 e. The highest BCUT2D eigenvalue weighted by atomic mass is 16.5. The first kappa shape index (κ1) is 14.9. The molecule has 1 aromatic carbocycles. The molecule has 1 aliphatic rings. The lowest BCUT2D eigenvalue weighted by Crippen LogP contribution is -2.42. The number of amides is 1. The maximum atomic E-state index is 12.1. The number of hydrogen-bond acceptors (Lipinski definition) is 3. The fraction of sp³-hybridized carbons (Fsp3) is 0.562. The van der Waals surface area contributed by atoms with Crippen LogP contribution < -0.4 is 15.8 Å². The summed E-state index contributed by atoms with van der Waals surface area (Å²) >= 11 is 0. The molecule has 0 heterocycles. The highest BCUT2D eigenvalue weighted by Crippen LogP contribution is 2.30. The molecule has 1 atom stereocenters. The van der Waals surface area contributed by atoms with Crippen LogP contribution in [-0.4, -0.2) is 18.6 Å². The topological polar surface area (TPSA) is 64.3 Å². The molecule has 1 amide bonds. The minimum atomic E-state index is -0.293. The second-order valence-electron chi connectivity index (χ2n) is 5.81. The van der Waals surface area contributed by atoms with Gasteiger partial charge in [0.25, 0.3) is 0 Å². The quantitative estimate of drug-likeness (QED) is 0.868. The first-order valence-electron chi connectivity index (χ1n) is 7.25. The predicted octanol–water partition coefficient (Wildman–Crippen LogP) is 2.53. The van der Waals surface area contributed by atoms with Gasteiger partial charge in [-0.05, 0) is 37.5 Å². The highest BCUT2D eigenvalue weighted by molar-refractivity contribution is 5.77. The van der Waals surface area contributed by atoms with Crippen LogP contribution in [0.3, 0.4) is 0 Å². The van der Waals surface area contributed by atoms with Crippen LogP contribution in [0.2, 0.25) is 0 Å². The number of benzene rings is 1. The van der Waals surface area contributed by atoms with Crippen molar-refractivity contribution in [2.24, 2.45) is 5.73 Å². The van der Waals surface area contributed by atoms with Crippen molar-refractivity contribution < 1.29 is 9.53 Å². The molecular weight excluding hydrogens is 252 g/mol. The zero-order valence-electron chi connectivity index (χ0n) is 12.3. The summed E-state index contributed by atoms with van der Waals surface area (Å²) in [5, 5.41) is 3.03. The van der Waals surface area contributed by atoms with Crippen LogP contribution in [-0.2, 0) is 4.79 Å². The summed E-state index contributed by atoms with van der Waals surface area (Å²) < 4.78 is 5.20. The van der Waals surface area contributed by atoms with E-state index in [2.05, 4.69) is 5.32 Å². The van der Waals surface area contributed by atoms with Gasteiger partial charge >= 0.3 is 0 Å². The molecule has 3 N–H and O–H groups in total. The molecule has 0 aromatic heterocycles. The van der Waals surface area contributed by atoms with E-state index < -0.39 is 0 Å². The van der Waals surface area contributed by atoms with Gasteiger partial charge < -0.3 is 15.8 Å². The molecule has 20 heavy (non-hydrogen) atoms. The van der Waals surface area contributed by atoms with Crippen LogP contribution >= 0.6 is 0 Å². The third-order valence-corrected chi connectivity index (χ3v) is 4.08. The molecule has 4 nitrogen and oxygen atoms in total. The molecule has 0 saturated heterocycles. The summed E-state index contributed by atoms with van der Waals surface area (Å²) in [5.74, 6) is 0.833. The fourth-order valence-electron chi connectivity index (χ4n) is 2.86. The molecule has 1 fully saturated rings. The van der Waals surface area contributed by atoms with Gasteiger partial charge in [-0.2, -0.15) is 0 Å². The Morgan fingerprint density at radius 3 is 2.80 bits per heavy atom. The van der Waals surface area contributed by atoms with E-state index in [1.165, 1.54) is 0 Å². The molecule has 1 aliphatic carbocycles. The monoisotopic (exact) mass is 276 g/mol. The van der Waals surface area contributed by atoms with Crippen LogP contribution in [0.1, 0.15) is 50.6 Å². The van der Waals surface area contributed by atoms with E-state index in [4.69, 9.17) is 10.5 Å². The van der Waals surface area contributed by atoms with Crippen molar-refractivity contribution in [2.45, 2.75) is 50.6 Å². The van der Waals surface area contributed by atoms with E-state index in [1.54, 1.807) is 7.11 Å². The zero-order chi connectivity index (χ0) is 14.6. The molecule has 110 valence electrons. The second kappa shape index (κ2) is 6.27. The Balaban J connectivity index is 1.93. The van der Waals surface area contributed by atoms with Gasteiger partial charge in [0.1, 0.15) is 5.75 Å². The number of rotatable bonds is 5. The summed E-state index contributed by atoms with van der Waals surface area (Å²) in [4.78, 5) is 12.1. The van der Waals surface area contributed by atoms with Crippen molar-refractivity contribution in [3.05, 3.63) is 29.8 Å². The van der Waals surface area contributed by atoms with E-state index in [9.17, 15) is 4.79 Å². The van der Waals surface area contributed by atoms with Gasteiger partial charge in [-0.15, -0.1) is 0 Å². The van der Waals surface area contributed by atoms with Crippen molar-refractivity contribution in [1.29, 1.82) is 0 Å². The lowest BCUT2D eigenvalue weighted by Gasteiger charge is -2.24. The maximum Gasteiger partial charge on any atom is 0.222 e. The van der Waals surface area contributed by atoms with Gasteiger partial charge in [-0.25, -0.2) is 0 Å². The Kier molecular flexibility index (Phi) is 4.65. The van der Waals surface area contributed by atoms with Crippen molar-refractivity contribution in [1.82, 2.24) is 5.32 Å². The average molecular weight is 276 g/mol. The Morgan fingerprint density at radius 2 is 2.15 bits per heavy atom. The van der Waals surface area contributed by atoms with Crippen LogP contribution in [0.15, 0.2) is 24.3 Å². The van der Waals surface area contributed by atoms with Gasteiger partial charge in [-0.3, -0.25) is 4.79 Å². The molecule has 0 unspecified atom stereocenters. The minimum absolute atomic E-state index is 0.0321. The number of nitrogens with one attached hydrogen (secondary N) is 1. The van der Waals surface area contributed by atoms with E-state index in [0.717, 1.165) is 37.0 Å². The molecule has 4 heteroatoms. The van der Waals surface area contributed by atoms with E-state index >= 15 is 0 Å². The maximum absolute atomic E-state index is 12.1. The summed E-state index contributed by atoms with van der Waals surface area (Å²) in [6.07, 6.45) is 4.59. The molecular formula is C16H24N2O2. The fourth-order valence-corrected chi connectivity index (χ4v) is 2.86. The normalized spacial score (nSPS) is 18.6. The lowest BCUT2D eigenvalue weighted by atomic mass is 9.94. The molecule has 0 bridgehead atoms. The van der Waals surface area contributed by atoms with Gasteiger partial charge in [0.05, 0.1) is 13.2 Å². The number of nitrogens with two attached hydrogens (primary N) is 1. The van der Waals surface area contributed by atoms with Gasteiger partial charge in [0, 0.05) is 12.0 Å². The van der Waals surface area contributed by atoms with Crippen LogP contribution in [0, 0.1) is 0 Å². The van der Waals surface area contributed by atoms with Crippen molar-refractivity contribution in [3.8, 4) is 5.75 Å². The van der Waals surface area contributed by atoms with Gasteiger partial charge in [-0.1, -0.05) is 25.0 Å².